The zero-order valence-corrected chi connectivity index (χ0v) is 30.2. The maximum Gasteiger partial charge on any atom is 0.260 e. The highest BCUT2D eigenvalue weighted by molar-refractivity contribution is 8.77. The molecule has 0 radical (unpaired) electrons. The Balaban J connectivity index is 1.64. The summed E-state index contributed by atoms with van der Waals surface area (Å²) < 4.78 is 29.0. The first kappa shape index (κ1) is 41.4. The number of ether oxygens (including phenoxy) is 5. The molecule has 0 aliphatic carbocycles. The molecule has 47 heavy (non-hydrogen) atoms. The van der Waals surface area contributed by atoms with Crippen molar-refractivity contribution in [3.63, 3.8) is 0 Å². The third-order valence-corrected chi connectivity index (χ3v) is 9.91. The van der Waals surface area contributed by atoms with Crippen molar-refractivity contribution in [3.05, 3.63) is 29.8 Å². The molecule has 2 rings (SSSR count). The Morgan fingerprint density at radius 3 is 2.70 bits per heavy atom. The minimum atomic E-state index is -0.705. The van der Waals surface area contributed by atoms with Gasteiger partial charge in [0.15, 0.2) is 5.44 Å². The first-order chi connectivity index (χ1) is 22.8. The molecule has 0 bridgehead atoms. The smallest absolute Gasteiger partial charge is 0.260 e. The van der Waals surface area contributed by atoms with Gasteiger partial charge in [0.1, 0.15) is 30.5 Å². The highest BCUT2D eigenvalue weighted by Gasteiger charge is 2.38. The Morgan fingerprint density at radius 1 is 1.17 bits per heavy atom. The van der Waals surface area contributed by atoms with Crippen LogP contribution in [0.5, 0.6) is 5.75 Å². The molecular weight excluding hydrogens is 687 g/mol. The Kier molecular flexibility index (Phi) is 22.2. The standard InChI is InChI=1S/C29H45BN4O9S4/c1-4-32-28(38)29(47-45-3)43-22-16-24(42-23(22)17-35)30-9-6-11-33-25(36)18-39-13-14-40-26(46-44-2)19-41-21-8-5-7-20(15-21)27(37)34-12-10-31/h5,7-8,15,22-24,26,29-30,35H,4,10-14,16-19,31H2,1-3H3,(H,32,38)(H,33,36)(H,34,37)/t22-,23?,24-,26?,29+/m1/s1. The van der Waals surface area contributed by atoms with E-state index in [0.29, 0.717) is 44.6 Å². The van der Waals surface area contributed by atoms with E-state index in [4.69, 9.17) is 29.4 Å². The van der Waals surface area contributed by atoms with E-state index in [2.05, 4.69) is 27.7 Å². The van der Waals surface area contributed by atoms with Crippen molar-refractivity contribution in [1.82, 2.24) is 16.0 Å². The van der Waals surface area contributed by atoms with Crippen molar-refractivity contribution in [2.24, 2.45) is 5.73 Å². The van der Waals surface area contributed by atoms with Crippen LogP contribution in [-0.4, -0.2) is 131 Å². The van der Waals surface area contributed by atoms with Crippen LogP contribution in [0.2, 0.25) is 0 Å². The lowest BCUT2D eigenvalue weighted by atomic mass is 9.71. The maximum absolute atomic E-state index is 12.3. The number of likely N-dealkylation sites (N-methyl/N-ethyl adjacent to an activating group) is 1. The maximum atomic E-state index is 12.3. The van der Waals surface area contributed by atoms with E-state index in [1.165, 1.54) is 43.2 Å². The van der Waals surface area contributed by atoms with Crippen molar-refractivity contribution in [2.45, 2.75) is 42.4 Å². The molecule has 0 saturated carbocycles. The number of hydrogen-bond donors (Lipinski definition) is 5. The number of nitrogens with one attached hydrogen (secondary N) is 3. The van der Waals surface area contributed by atoms with E-state index < -0.39 is 17.6 Å². The van der Waals surface area contributed by atoms with Crippen LogP contribution >= 0.6 is 43.2 Å². The summed E-state index contributed by atoms with van der Waals surface area (Å²) in [6.45, 7) is 3.62. The molecule has 1 aromatic carbocycles. The molecule has 1 aliphatic rings. The fraction of sp³-hybridized carbons (Fsp3) is 0.621. The second kappa shape index (κ2) is 25.2. The molecule has 1 heterocycles. The number of hydrogen-bond acceptors (Lipinski definition) is 14. The van der Waals surface area contributed by atoms with Gasteiger partial charge in [0.05, 0.1) is 32.5 Å². The average Bonchev–Trinajstić information content (AvgIpc) is 3.47. The van der Waals surface area contributed by atoms with E-state index in [1.54, 1.807) is 24.3 Å². The highest BCUT2D eigenvalue weighted by Crippen LogP contribution is 2.31. The van der Waals surface area contributed by atoms with Crippen LogP contribution in [0.25, 0.3) is 0 Å². The summed E-state index contributed by atoms with van der Waals surface area (Å²) in [5, 5.41) is 17.9. The van der Waals surface area contributed by atoms with Crippen molar-refractivity contribution < 1.29 is 43.2 Å². The second-order valence-electron chi connectivity index (χ2n) is 9.71. The van der Waals surface area contributed by atoms with E-state index in [-0.39, 0.29) is 68.7 Å². The Labute approximate surface area is 293 Å². The minimum Gasteiger partial charge on any atom is -0.490 e. The van der Waals surface area contributed by atoms with E-state index in [9.17, 15) is 19.5 Å². The summed E-state index contributed by atoms with van der Waals surface area (Å²) in [6, 6.07) is 6.63. The molecule has 1 aromatic rings. The molecule has 1 saturated heterocycles. The number of aliphatic hydroxyl groups is 1. The fourth-order valence-electron chi connectivity index (χ4n) is 4.10. The van der Waals surface area contributed by atoms with Crippen LogP contribution in [0.3, 0.4) is 0 Å². The van der Waals surface area contributed by atoms with Gasteiger partial charge < -0.3 is 50.5 Å². The lowest BCUT2D eigenvalue weighted by Gasteiger charge is -2.22. The quantitative estimate of drug-likeness (QED) is 0.0347. The zero-order valence-electron chi connectivity index (χ0n) is 26.9. The lowest BCUT2D eigenvalue weighted by Crippen LogP contribution is -2.39. The van der Waals surface area contributed by atoms with Gasteiger partial charge in [0.2, 0.25) is 13.2 Å². The van der Waals surface area contributed by atoms with Crippen molar-refractivity contribution >= 4 is 68.2 Å². The molecule has 0 spiro atoms. The number of benzene rings is 1. The van der Waals surface area contributed by atoms with Gasteiger partial charge in [-0.3, -0.25) is 14.4 Å². The minimum absolute atomic E-state index is 0.134. The van der Waals surface area contributed by atoms with Crippen molar-refractivity contribution in [2.75, 3.05) is 71.7 Å². The summed E-state index contributed by atoms with van der Waals surface area (Å²) in [4.78, 5) is 36.6. The number of carbonyl (C=O) groups excluding carboxylic acids is 3. The molecule has 1 fully saturated rings. The molecule has 1 aliphatic heterocycles. The first-order valence-corrected chi connectivity index (χ1v) is 20.3. The van der Waals surface area contributed by atoms with Crippen LogP contribution in [0.15, 0.2) is 24.3 Å². The van der Waals surface area contributed by atoms with Gasteiger partial charge >= 0.3 is 0 Å². The van der Waals surface area contributed by atoms with Crippen LogP contribution in [-0.2, 0) is 28.5 Å². The summed E-state index contributed by atoms with van der Waals surface area (Å²) in [5.74, 6) is 5.71. The third-order valence-electron chi connectivity index (χ3n) is 6.21. The summed E-state index contributed by atoms with van der Waals surface area (Å²) in [7, 11) is 6.17. The van der Waals surface area contributed by atoms with E-state index in [0.717, 1.165) is 0 Å². The van der Waals surface area contributed by atoms with Crippen molar-refractivity contribution in [3.8, 4) is 17.5 Å². The highest BCUT2D eigenvalue weighted by atomic mass is 33.1. The first-order valence-electron chi connectivity index (χ1n) is 15.1. The number of rotatable bonds is 23. The Morgan fingerprint density at radius 2 is 1.98 bits per heavy atom. The summed E-state index contributed by atoms with van der Waals surface area (Å²) in [5.41, 5.74) is 4.93. The van der Waals surface area contributed by atoms with Gasteiger partial charge in [-0.25, -0.2) is 0 Å². The van der Waals surface area contributed by atoms with Crippen molar-refractivity contribution in [1.29, 1.82) is 0 Å². The Hall–Kier alpha value is -1.79. The lowest BCUT2D eigenvalue weighted by molar-refractivity contribution is -0.132. The molecule has 2 unspecified atom stereocenters. The number of amides is 3. The SMILES string of the molecule is CCNC(=O)[C@@H](O[C@@H]1C[C@H](BC#CCNC(=O)COCCOC(COc2cccc(C(=O)NCCN)c2)SSC)OC1CO)SSC. The second-order valence-corrected chi connectivity index (χ2v) is 14.9. The van der Waals surface area contributed by atoms with Gasteiger partial charge in [0, 0.05) is 31.2 Å². The molecule has 5 atom stereocenters. The van der Waals surface area contributed by atoms with Crippen LogP contribution in [0.4, 0.5) is 0 Å². The van der Waals surface area contributed by atoms with Gasteiger partial charge in [-0.2, -0.15) is 5.82 Å². The van der Waals surface area contributed by atoms with Crippen LogP contribution in [0.1, 0.15) is 23.7 Å². The van der Waals surface area contributed by atoms with E-state index >= 15 is 0 Å². The molecule has 18 heteroatoms. The number of nitrogens with two attached hydrogens (primary N) is 1. The molecule has 262 valence electrons. The predicted molar refractivity (Wildman–Crippen MR) is 192 cm³/mol. The Bertz CT molecular complexity index is 1150. The average molecular weight is 733 g/mol. The molecule has 13 nitrogen and oxygen atoms in total. The number of aliphatic hydroxyl groups excluding tert-OH is 1. The molecule has 3 amide bonds. The summed E-state index contributed by atoms with van der Waals surface area (Å²) >= 11 is 0. The fourth-order valence-corrected chi connectivity index (χ4v) is 7.03. The van der Waals surface area contributed by atoms with Gasteiger partial charge in [-0.05, 0) is 44.1 Å². The van der Waals surface area contributed by atoms with Crippen LogP contribution in [0, 0.1) is 11.7 Å². The number of carbonyl (C=O) groups is 3. The normalized spacial score (nSPS) is 18.4. The van der Waals surface area contributed by atoms with E-state index in [1.807, 2.05) is 19.4 Å². The van der Waals surface area contributed by atoms with Crippen LogP contribution < -0.4 is 26.4 Å². The molecular formula is C29H45BN4O9S4. The van der Waals surface area contributed by atoms with Gasteiger partial charge in [0.25, 0.3) is 11.8 Å². The zero-order chi connectivity index (χ0) is 34.3. The largest absolute Gasteiger partial charge is 0.490 e. The predicted octanol–water partition coefficient (Wildman–Crippen LogP) is 0.604. The molecule has 0 aromatic heterocycles. The monoisotopic (exact) mass is 732 g/mol. The third kappa shape index (κ3) is 16.9. The van der Waals surface area contributed by atoms with Gasteiger partial charge in [-0.1, -0.05) is 55.2 Å². The van der Waals surface area contributed by atoms with Gasteiger partial charge in [-0.15, -0.1) is 0 Å². The molecule has 6 N–H and O–H groups in total. The topological polar surface area (TPSA) is 180 Å². The summed E-state index contributed by atoms with van der Waals surface area (Å²) in [6.07, 6.45) is 3.33.